The fourth-order valence-electron chi connectivity index (χ4n) is 1.93. The maximum Gasteiger partial charge on any atom is 0.257 e. The van der Waals surface area contributed by atoms with E-state index in [-0.39, 0.29) is 5.95 Å². The Labute approximate surface area is 120 Å². The Kier molecular flexibility index (Phi) is 3.19. The van der Waals surface area contributed by atoms with Crippen LogP contribution in [0.3, 0.4) is 0 Å². The van der Waals surface area contributed by atoms with Gasteiger partial charge in [-0.3, -0.25) is 0 Å². The zero-order valence-corrected chi connectivity index (χ0v) is 11.6. The van der Waals surface area contributed by atoms with Gasteiger partial charge in [0.15, 0.2) is 5.82 Å². The molecule has 2 aromatic heterocycles. The van der Waals surface area contributed by atoms with E-state index in [1.807, 2.05) is 25.1 Å². The van der Waals surface area contributed by atoms with Crippen LogP contribution in [0, 0.1) is 6.92 Å². The highest BCUT2D eigenvalue weighted by molar-refractivity contribution is 5.62. The van der Waals surface area contributed by atoms with Gasteiger partial charge in [-0.15, -0.1) is 0 Å². The fourth-order valence-corrected chi connectivity index (χ4v) is 1.93. The minimum absolute atomic E-state index is 0.126. The van der Waals surface area contributed by atoms with E-state index < -0.39 is 0 Å². The molecule has 21 heavy (non-hydrogen) atoms. The van der Waals surface area contributed by atoms with Crippen molar-refractivity contribution in [3.8, 4) is 23.1 Å². The molecule has 1 aromatic carbocycles. The summed E-state index contributed by atoms with van der Waals surface area (Å²) >= 11 is 0. The number of rotatable bonds is 3. The molecule has 0 unspecified atom stereocenters. The van der Waals surface area contributed by atoms with Crippen LogP contribution in [-0.4, -0.2) is 36.8 Å². The number of methoxy groups -OCH3 is 1. The second-order valence-electron chi connectivity index (χ2n) is 4.34. The molecule has 0 spiro atoms. The normalized spacial score (nSPS) is 10.6. The maximum absolute atomic E-state index is 5.76. The number of nitrogens with zero attached hydrogens (tertiary/aromatic N) is 6. The third-order valence-electron chi connectivity index (χ3n) is 2.94. The highest BCUT2D eigenvalue weighted by Crippen LogP contribution is 2.24. The van der Waals surface area contributed by atoms with Gasteiger partial charge in [-0.1, -0.05) is 0 Å². The molecule has 0 atom stereocenters. The molecule has 2 heterocycles. The van der Waals surface area contributed by atoms with Crippen molar-refractivity contribution in [1.82, 2.24) is 29.7 Å². The molecule has 0 saturated carbocycles. The summed E-state index contributed by atoms with van der Waals surface area (Å²) < 4.78 is 6.62. The number of benzene rings is 1. The van der Waals surface area contributed by atoms with Gasteiger partial charge in [0.2, 0.25) is 5.95 Å². The van der Waals surface area contributed by atoms with Crippen LogP contribution in [0.25, 0.3) is 17.3 Å². The monoisotopic (exact) mass is 283 g/mol. The van der Waals surface area contributed by atoms with Crippen LogP contribution in [0.5, 0.6) is 5.75 Å². The van der Waals surface area contributed by atoms with Crippen LogP contribution >= 0.6 is 0 Å². The Morgan fingerprint density at radius 2 is 2.05 bits per heavy atom. The highest BCUT2D eigenvalue weighted by Gasteiger charge is 2.11. The Balaban J connectivity index is 2.10. The van der Waals surface area contributed by atoms with Gasteiger partial charge >= 0.3 is 0 Å². The number of nitrogen functional groups attached to an aromatic ring is 1. The number of anilines is 1. The molecule has 0 saturated heterocycles. The summed E-state index contributed by atoms with van der Waals surface area (Å²) in [6.45, 7) is 1.95. The first-order chi connectivity index (χ1) is 10.2. The molecule has 3 rings (SSSR count). The first kappa shape index (κ1) is 13.0. The molecular weight excluding hydrogens is 270 g/mol. The molecule has 0 bridgehead atoms. The standard InChI is InChI=1S/C13H13N7O/c1-8-5-9(21-2)3-4-10(8)11-17-12(14)19-13(18-11)20-7-15-6-16-20/h3-7H,1-2H3,(H2,14,17,18,19). The van der Waals surface area contributed by atoms with Crippen LogP contribution in [0.15, 0.2) is 30.9 Å². The topological polar surface area (TPSA) is 105 Å². The first-order valence-corrected chi connectivity index (χ1v) is 6.19. The number of aromatic nitrogens is 6. The fraction of sp³-hybridized carbons (Fsp3) is 0.154. The summed E-state index contributed by atoms with van der Waals surface area (Å²) in [5.74, 6) is 1.70. The predicted octanol–water partition coefficient (Wildman–Crippen LogP) is 1.02. The van der Waals surface area contributed by atoms with Crippen molar-refractivity contribution in [1.29, 1.82) is 0 Å². The Hall–Kier alpha value is -3.03. The molecule has 0 fully saturated rings. The van der Waals surface area contributed by atoms with Crippen LogP contribution in [-0.2, 0) is 0 Å². The lowest BCUT2D eigenvalue weighted by molar-refractivity contribution is 0.414. The van der Waals surface area contributed by atoms with E-state index in [0.717, 1.165) is 16.9 Å². The molecule has 0 aliphatic rings. The number of hydrogen-bond acceptors (Lipinski definition) is 7. The number of aryl methyl sites for hydroxylation is 1. The lowest BCUT2D eigenvalue weighted by atomic mass is 10.1. The lowest BCUT2D eigenvalue weighted by Gasteiger charge is -2.08. The minimum Gasteiger partial charge on any atom is -0.497 e. The summed E-state index contributed by atoms with van der Waals surface area (Å²) in [7, 11) is 1.62. The molecule has 0 radical (unpaired) electrons. The lowest BCUT2D eigenvalue weighted by Crippen LogP contribution is -2.08. The van der Waals surface area contributed by atoms with Crippen LogP contribution < -0.4 is 10.5 Å². The molecule has 0 aliphatic carbocycles. The van der Waals surface area contributed by atoms with Gasteiger partial charge in [-0.05, 0) is 30.7 Å². The zero-order chi connectivity index (χ0) is 14.8. The molecular formula is C13H13N7O. The van der Waals surface area contributed by atoms with Gasteiger partial charge in [0, 0.05) is 5.56 Å². The van der Waals surface area contributed by atoms with Crippen molar-refractivity contribution < 1.29 is 4.74 Å². The number of ether oxygens (including phenoxy) is 1. The van der Waals surface area contributed by atoms with E-state index in [1.165, 1.54) is 17.3 Å². The van der Waals surface area contributed by atoms with E-state index in [1.54, 1.807) is 7.11 Å². The van der Waals surface area contributed by atoms with Crippen LogP contribution in [0.1, 0.15) is 5.56 Å². The van der Waals surface area contributed by atoms with Gasteiger partial charge in [-0.2, -0.15) is 24.7 Å². The molecule has 8 nitrogen and oxygen atoms in total. The smallest absolute Gasteiger partial charge is 0.257 e. The second-order valence-corrected chi connectivity index (χ2v) is 4.34. The van der Waals surface area contributed by atoms with Gasteiger partial charge in [-0.25, -0.2) is 4.98 Å². The Bertz CT molecular complexity index is 770. The average Bonchev–Trinajstić information content (AvgIpc) is 3.00. The first-order valence-electron chi connectivity index (χ1n) is 6.19. The van der Waals surface area contributed by atoms with Crippen molar-refractivity contribution in [3.05, 3.63) is 36.4 Å². The largest absolute Gasteiger partial charge is 0.497 e. The van der Waals surface area contributed by atoms with Crippen molar-refractivity contribution in [2.75, 3.05) is 12.8 Å². The third kappa shape index (κ3) is 2.50. The molecule has 0 aliphatic heterocycles. The SMILES string of the molecule is COc1ccc(-c2nc(N)nc(-n3cncn3)n2)c(C)c1. The maximum atomic E-state index is 5.76. The number of nitrogens with two attached hydrogens (primary N) is 1. The minimum atomic E-state index is 0.126. The third-order valence-corrected chi connectivity index (χ3v) is 2.94. The van der Waals surface area contributed by atoms with Crippen LogP contribution in [0.4, 0.5) is 5.95 Å². The van der Waals surface area contributed by atoms with Crippen molar-refractivity contribution in [3.63, 3.8) is 0 Å². The Morgan fingerprint density at radius 3 is 2.71 bits per heavy atom. The highest BCUT2D eigenvalue weighted by atomic mass is 16.5. The molecule has 106 valence electrons. The Morgan fingerprint density at radius 1 is 1.19 bits per heavy atom. The van der Waals surface area contributed by atoms with Gasteiger partial charge in [0.25, 0.3) is 5.95 Å². The molecule has 2 N–H and O–H groups in total. The van der Waals surface area contributed by atoms with Gasteiger partial charge in [0.05, 0.1) is 7.11 Å². The van der Waals surface area contributed by atoms with E-state index in [4.69, 9.17) is 10.5 Å². The summed E-state index contributed by atoms with van der Waals surface area (Å²) in [6, 6.07) is 5.63. The van der Waals surface area contributed by atoms with E-state index in [0.29, 0.717) is 11.8 Å². The molecule has 3 aromatic rings. The van der Waals surface area contributed by atoms with Crippen LogP contribution in [0.2, 0.25) is 0 Å². The van der Waals surface area contributed by atoms with Gasteiger partial charge < -0.3 is 10.5 Å². The van der Waals surface area contributed by atoms with E-state index in [9.17, 15) is 0 Å². The molecule has 0 amide bonds. The zero-order valence-electron chi connectivity index (χ0n) is 11.6. The van der Waals surface area contributed by atoms with Crippen molar-refractivity contribution in [2.24, 2.45) is 0 Å². The average molecular weight is 283 g/mol. The summed E-state index contributed by atoms with van der Waals surface area (Å²) in [5, 5.41) is 3.99. The van der Waals surface area contributed by atoms with E-state index >= 15 is 0 Å². The summed E-state index contributed by atoms with van der Waals surface area (Å²) in [6.07, 6.45) is 2.90. The van der Waals surface area contributed by atoms with E-state index in [2.05, 4.69) is 25.0 Å². The summed E-state index contributed by atoms with van der Waals surface area (Å²) in [4.78, 5) is 16.5. The molecule has 8 heteroatoms. The predicted molar refractivity (Wildman–Crippen MR) is 75.9 cm³/mol. The van der Waals surface area contributed by atoms with Gasteiger partial charge in [0.1, 0.15) is 18.4 Å². The van der Waals surface area contributed by atoms with Crippen molar-refractivity contribution in [2.45, 2.75) is 6.92 Å². The second kappa shape index (κ2) is 5.16. The number of hydrogen-bond donors (Lipinski definition) is 1. The van der Waals surface area contributed by atoms with Crippen molar-refractivity contribution >= 4 is 5.95 Å². The summed E-state index contributed by atoms with van der Waals surface area (Å²) in [5.41, 5.74) is 7.59. The quantitative estimate of drug-likeness (QED) is 0.765.